The molecule has 0 unspecified atom stereocenters. The van der Waals surface area contributed by atoms with Crippen LogP contribution in [0.2, 0.25) is 0 Å². The molecule has 0 bridgehead atoms. The summed E-state index contributed by atoms with van der Waals surface area (Å²) in [5.41, 5.74) is 4.03. The molecular weight excluding hydrogens is 366 g/mol. The van der Waals surface area contributed by atoms with Crippen LogP contribution in [0.4, 0.5) is 0 Å². The van der Waals surface area contributed by atoms with Crippen molar-refractivity contribution in [1.29, 1.82) is 0 Å². The Hall–Kier alpha value is -3.21. The summed E-state index contributed by atoms with van der Waals surface area (Å²) >= 11 is 0. The van der Waals surface area contributed by atoms with Crippen LogP contribution in [0.1, 0.15) is 74.5 Å². The first-order chi connectivity index (χ1) is 14.1. The van der Waals surface area contributed by atoms with Gasteiger partial charge in [0.1, 0.15) is 5.56 Å². The topological polar surface area (TPSA) is 69.4 Å². The lowest BCUT2D eigenvalue weighted by Gasteiger charge is -2.11. The molecule has 0 aliphatic heterocycles. The van der Waals surface area contributed by atoms with Gasteiger partial charge in [-0.25, -0.2) is 4.79 Å². The van der Waals surface area contributed by atoms with Crippen LogP contribution in [-0.2, 0) is 11.2 Å². The summed E-state index contributed by atoms with van der Waals surface area (Å²) in [4.78, 5) is 26.0. The predicted molar refractivity (Wildman–Crippen MR) is 108 cm³/mol. The summed E-state index contributed by atoms with van der Waals surface area (Å²) in [5, 5.41) is 3.90. The van der Waals surface area contributed by atoms with Crippen LogP contribution in [0.15, 0.2) is 53.1 Å². The molecule has 1 saturated carbocycles. The van der Waals surface area contributed by atoms with Gasteiger partial charge in [0.25, 0.3) is 0 Å². The molecule has 0 saturated heterocycles. The summed E-state index contributed by atoms with van der Waals surface area (Å²) in [7, 11) is 0. The fraction of sp³-hybridized carbons (Fsp3) is 0.292. The molecule has 0 N–H and O–H groups in total. The fourth-order valence-electron chi connectivity index (χ4n) is 3.53. The van der Waals surface area contributed by atoms with E-state index in [0.717, 1.165) is 24.0 Å². The standard InChI is InChI=1S/C24H23NO4/c1-3-28-24(27)21-20(23(29-25-21)16-12-13-16)22(26)19-11-7-6-10-18(19)14-17-9-5-4-8-15(17)2/h4-11,16H,3,12-14H2,1-2H3. The van der Waals surface area contributed by atoms with E-state index in [1.807, 2.05) is 30.3 Å². The first-order valence-corrected chi connectivity index (χ1v) is 9.94. The highest BCUT2D eigenvalue weighted by Gasteiger charge is 2.37. The van der Waals surface area contributed by atoms with Gasteiger partial charge in [-0.3, -0.25) is 4.79 Å². The van der Waals surface area contributed by atoms with E-state index in [0.29, 0.717) is 17.7 Å². The van der Waals surface area contributed by atoms with Gasteiger partial charge in [-0.15, -0.1) is 0 Å². The maximum absolute atomic E-state index is 13.6. The minimum Gasteiger partial charge on any atom is -0.461 e. The smallest absolute Gasteiger partial charge is 0.361 e. The predicted octanol–water partition coefficient (Wildman–Crippen LogP) is 4.86. The third-order valence-corrected chi connectivity index (χ3v) is 5.27. The molecule has 3 aromatic rings. The van der Waals surface area contributed by atoms with Gasteiger partial charge in [0, 0.05) is 11.5 Å². The second-order valence-corrected chi connectivity index (χ2v) is 7.35. The van der Waals surface area contributed by atoms with Crippen LogP contribution in [0.5, 0.6) is 0 Å². The maximum atomic E-state index is 13.6. The van der Waals surface area contributed by atoms with Crippen LogP contribution in [0.25, 0.3) is 0 Å². The Labute approximate surface area is 169 Å². The van der Waals surface area contributed by atoms with Gasteiger partial charge in [-0.2, -0.15) is 0 Å². The molecule has 5 heteroatoms. The van der Waals surface area contributed by atoms with E-state index in [2.05, 4.69) is 24.2 Å². The van der Waals surface area contributed by atoms with E-state index in [-0.39, 0.29) is 29.6 Å². The number of carbonyl (C=O) groups is 2. The van der Waals surface area contributed by atoms with E-state index in [1.54, 1.807) is 13.0 Å². The van der Waals surface area contributed by atoms with Crippen LogP contribution in [0.3, 0.4) is 0 Å². The maximum Gasteiger partial charge on any atom is 0.361 e. The van der Waals surface area contributed by atoms with Gasteiger partial charge < -0.3 is 9.26 Å². The average molecular weight is 389 g/mol. The van der Waals surface area contributed by atoms with E-state index in [9.17, 15) is 9.59 Å². The number of benzene rings is 2. The first kappa shape index (κ1) is 19.1. The highest BCUT2D eigenvalue weighted by molar-refractivity contribution is 6.15. The second-order valence-electron chi connectivity index (χ2n) is 7.35. The minimum atomic E-state index is -0.622. The average Bonchev–Trinajstić information content (AvgIpc) is 3.48. The van der Waals surface area contributed by atoms with E-state index < -0.39 is 5.97 Å². The summed E-state index contributed by atoms with van der Waals surface area (Å²) in [6, 6.07) is 15.6. The molecule has 5 nitrogen and oxygen atoms in total. The Balaban J connectivity index is 1.75. The molecule has 4 rings (SSSR count). The van der Waals surface area contributed by atoms with Gasteiger partial charge in [0.15, 0.2) is 11.5 Å². The normalized spacial score (nSPS) is 13.3. The van der Waals surface area contributed by atoms with Crippen molar-refractivity contribution in [2.45, 2.75) is 39.0 Å². The van der Waals surface area contributed by atoms with Crippen molar-refractivity contribution in [3.63, 3.8) is 0 Å². The van der Waals surface area contributed by atoms with Gasteiger partial charge in [0.05, 0.1) is 6.61 Å². The van der Waals surface area contributed by atoms with Gasteiger partial charge in [-0.05, 0) is 49.8 Å². The number of rotatable bonds is 7. The second kappa shape index (κ2) is 8.03. The Bertz CT molecular complexity index is 1060. The Kier molecular flexibility index (Phi) is 5.30. The van der Waals surface area contributed by atoms with Gasteiger partial charge >= 0.3 is 5.97 Å². The Morgan fingerprint density at radius 3 is 2.45 bits per heavy atom. The lowest BCUT2D eigenvalue weighted by atomic mass is 9.91. The van der Waals surface area contributed by atoms with Crippen molar-refractivity contribution in [3.05, 3.63) is 87.8 Å². The van der Waals surface area contributed by atoms with Crippen molar-refractivity contribution < 1.29 is 18.8 Å². The highest BCUT2D eigenvalue weighted by Crippen LogP contribution is 2.43. The van der Waals surface area contributed by atoms with Crippen molar-refractivity contribution in [2.24, 2.45) is 0 Å². The highest BCUT2D eigenvalue weighted by atomic mass is 16.5. The van der Waals surface area contributed by atoms with Crippen molar-refractivity contribution >= 4 is 11.8 Å². The number of aryl methyl sites for hydroxylation is 1. The number of hydrogen-bond donors (Lipinski definition) is 0. The molecule has 1 aliphatic rings. The number of esters is 1. The molecule has 0 spiro atoms. The lowest BCUT2D eigenvalue weighted by molar-refractivity contribution is 0.0512. The molecule has 2 aromatic carbocycles. The Morgan fingerprint density at radius 2 is 1.76 bits per heavy atom. The zero-order valence-electron chi connectivity index (χ0n) is 16.6. The fourth-order valence-corrected chi connectivity index (χ4v) is 3.53. The molecule has 29 heavy (non-hydrogen) atoms. The van der Waals surface area contributed by atoms with E-state index >= 15 is 0 Å². The number of ketones is 1. The minimum absolute atomic E-state index is 0.0237. The first-order valence-electron chi connectivity index (χ1n) is 9.94. The van der Waals surface area contributed by atoms with Crippen molar-refractivity contribution in [3.8, 4) is 0 Å². The van der Waals surface area contributed by atoms with Crippen LogP contribution < -0.4 is 0 Å². The molecule has 1 heterocycles. The van der Waals surface area contributed by atoms with Crippen LogP contribution >= 0.6 is 0 Å². The van der Waals surface area contributed by atoms with Gasteiger partial charge in [-0.1, -0.05) is 53.7 Å². The molecule has 0 radical (unpaired) electrons. The molecule has 1 aliphatic carbocycles. The summed E-state index contributed by atoms with van der Waals surface area (Å²) in [5.74, 6) is -0.208. The number of carbonyl (C=O) groups excluding carboxylic acids is 2. The molecule has 1 aromatic heterocycles. The van der Waals surface area contributed by atoms with Crippen LogP contribution in [-0.4, -0.2) is 23.5 Å². The number of nitrogens with zero attached hydrogens (tertiary/aromatic N) is 1. The monoisotopic (exact) mass is 389 g/mol. The van der Waals surface area contributed by atoms with Gasteiger partial charge in [0.2, 0.25) is 5.69 Å². The van der Waals surface area contributed by atoms with Crippen molar-refractivity contribution in [2.75, 3.05) is 6.61 Å². The van der Waals surface area contributed by atoms with E-state index in [1.165, 1.54) is 5.56 Å². The number of ether oxygens (including phenoxy) is 1. The summed E-state index contributed by atoms with van der Waals surface area (Å²) < 4.78 is 10.5. The SMILES string of the molecule is CCOC(=O)c1noc(C2CC2)c1C(=O)c1ccccc1Cc1ccccc1C. The molecule has 148 valence electrons. The molecular formula is C24H23NO4. The number of aromatic nitrogens is 1. The lowest BCUT2D eigenvalue weighted by Crippen LogP contribution is -2.14. The molecule has 0 amide bonds. The summed E-state index contributed by atoms with van der Waals surface area (Å²) in [6.07, 6.45) is 2.50. The largest absolute Gasteiger partial charge is 0.461 e. The van der Waals surface area contributed by atoms with Crippen LogP contribution in [0, 0.1) is 6.92 Å². The summed E-state index contributed by atoms with van der Waals surface area (Å²) in [6.45, 7) is 3.99. The third kappa shape index (κ3) is 3.86. The zero-order valence-corrected chi connectivity index (χ0v) is 16.6. The quantitative estimate of drug-likeness (QED) is 0.426. The van der Waals surface area contributed by atoms with E-state index in [4.69, 9.17) is 9.26 Å². The number of hydrogen-bond acceptors (Lipinski definition) is 5. The zero-order chi connectivity index (χ0) is 20.4. The molecule has 0 atom stereocenters. The molecule has 1 fully saturated rings. The Morgan fingerprint density at radius 1 is 1.07 bits per heavy atom. The third-order valence-electron chi connectivity index (χ3n) is 5.27. The van der Waals surface area contributed by atoms with Crippen molar-refractivity contribution in [1.82, 2.24) is 5.16 Å².